The van der Waals surface area contributed by atoms with Gasteiger partial charge in [0, 0.05) is 12.1 Å². The van der Waals surface area contributed by atoms with Crippen molar-refractivity contribution in [3.05, 3.63) is 30.1 Å². The van der Waals surface area contributed by atoms with Gasteiger partial charge >= 0.3 is 0 Å². The molecule has 0 saturated heterocycles. The molecule has 0 bridgehead atoms. The minimum atomic E-state index is -0.0596. The Hall–Kier alpha value is -1.38. The average Bonchev–Trinajstić information content (AvgIpc) is 2.35. The molecular formula is C16H26N2O. The lowest BCUT2D eigenvalue weighted by Crippen LogP contribution is -2.39. The van der Waals surface area contributed by atoms with Crippen LogP contribution in [-0.2, 0) is 4.79 Å². The van der Waals surface area contributed by atoms with Crippen LogP contribution in [0.15, 0.2) is 24.4 Å². The first-order chi connectivity index (χ1) is 8.86. The average molecular weight is 262 g/mol. The van der Waals surface area contributed by atoms with E-state index in [1.807, 2.05) is 25.1 Å². The number of carbonyl (C=O) groups excluding carboxylic acids is 1. The second-order valence-corrected chi connectivity index (χ2v) is 6.25. The molecule has 3 nitrogen and oxygen atoms in total. The van der Waals surface area contributed by atoms with Crippen LogP contribution in [0.1, 0.15) is 59.2 Å². The van der Waals surface area contributed by atoms with Gasteiger partial charge < -0.3 is 5.32 Å². The smallest absolute Gasteiger partial charge is 0.223 e. The highest BCUT2D eigenvalue weighted by atomic mass is 16.1. The zero-order valence-electron chi connectivity index (χ0n) is 12.7. The molecule has 1 amide bonds. The van der Waals surface area contributed by atoms with Crippen molar-refractivity contribution in [2.75, 3.05) is 0 Å². The Morgan fingerprint density at radius 2 is 2.05 bits per heavy atom. The third kappa shape index (κ3) is 4.66. The van der Waals surface area contributed by atoms with Crippen molar-refractivity contribution in [3.63, 3.8) is 0 Å². The summed E-state index contributed by atoms with van der Waals surface area (Å²) >= 11 is 0. The molecule has 0 fully saturated rings. The van der Waals surface area contributed by atoms with Gasteiger partial charge in [-0.05, 0) is 24.0 Å². The molecule has 0 radical (unpaired) electrons. The van der Waals surface area contributed by atoms with Gasteiger partial charge in [0.1, 0.15) is 0 Å². The lowest BCUT2D eigenvalue weighted by Gasteiger charge is -2.32. The topological polar surface area (TPSA) is 42.0 Å². The number of nitrogens with one attached hydrogen (secondary N) is 1. The number of hydrogen-bond donors (Lipinski definition) is 1. The van der Waals surface area contributed by atoms with E-state index in [9.17, 15) is 4.79 Å². The molecule has 2 unspecified atom stereocenters. The molecule has 1 aromatic rings. The Labute approximate surface area is 116 Å². The maximum Gasteiger partial charge on any atom is 0.223 e. The van der Waals surface area contributed by atoms with Gasteiger partial charge in [-0.1, -0.05) is 47.1 Å². The summed E-state index contributed by atoms with van der Waals surface area (Å²) in [6, 6.07) is 5.77. The van der Waals surface area contributed by atoms with Crippen LogP contribution < -0.4 is 5.32 Å². The van der Waals surface area contributed by atoms with E-state index < -0.39 is 0 Å². The van der Waals surface area contributed by atoms with Gasteiger partial charge in [0.2, 0.25) is 5.91 Å². The Morgan fingerprint density at radius 1 is 1.37 bits per heavy atom. The second kappa shape index (κ2) is 6.69. The fourth-order valence-corrected chi connectivity index (χ4v) is 2.13. The Morgan fingerprint density at radius 3 is 2.53 bits per heavy atom. The van der Waals surface area contributed by atoms with Crippen molar-refractivity contribution >= 4 is 5.91 Å². The number of amides is 1. The number of carbonyl (C=O) groups is 1. The van der Waals surface area contributed by atoms with Crippen molar-refractivity contribution < 1.29 is 4.79 Å². The molecule has 0 aromatic carbocycles. The number of hydrogen-bond acceptors (Lipinski definition) is 2. The van der Waals surface area contributed by atoms with E-state index in [1.165, 1.54) is 0 Å². The maximum atomic E-state index is 12.2. The van der Waals surface area contributed by atoms with Crippen LogP contribution in [0.25, 0.3) is 0 Å². The lowest BCUT2D eigenvalue weighted by molar-refractivity contribution is -0.126. The molecule has 19 heavy (non-hydrogen) atoms. The molecular weight excluding hydrogens is 236 g/mol. The van der Waals surface area contributed by atoms with E-state index in [1.54, 1.807) is 6.20 Å². The standard InChI is InChI=1S/C16H26N2O/c1-6-9-12(2)15(19)18-14(16(3,4)5)13-10-7-8-11-17-13/h7-8,10-12,14H,6,9H2,1-5H3,(H,18,19). The van der Waals surface area contributed by atoms with Crippen molar-refractivity contribution in [3.8, 4) is 0 Å². The van der Waals surface area contributed by atoms with Gasteiger partial charge in [-0.25, -0.2) is 0 Å². The van der Waals surface area contributed by atoms with Gasteiger partial charge in [0.05, 0.1) is 11.7 Å². The van der Waals surface area contributed by atoms with E-state index in [2.05, 4.69) is 38.0 Å². The first-order valence-corrected chi connectivity index (χ1v) is 7.07. The molecule has 106 valence electrons. The lowest BCUT2D eigenvalue weighted by atomic mass is 9.84. The highest BCUT2D eigenvalue weighted by Crippen LogP contribution is 2.31. The monoisotopic (exact) mass is 262 g/mol. The van der Waals surface area contributed by atoms with Crippen molar-refractivity contribution in [1.82, 2.24) is 10.3 Å². The largest absolute Gasteiger partial charge is 0.347 e. The van der Waals surface area contributed by atoms with Crippen LogP contribution in [0.2, 0.25) is 0 Å². The molecule has 3 heteroatoms. The number of nitrogens with zero attached hydrogens (tertiary/aromatic N) is 1. The SMILES string of the molecule is CCCC(C)C(=O)NC(c1ccccn1)C(C)(C)C. The summed E-state index contributed by atoms with van der Waals surface area (Å²) < 4.78 is 0. The van der Waals surface area contributed by atoms with Crippen LogP contribution in [-0.4, -0.2) is 10.9 Å². The predicted octanol–water partition coefficient (Wildman–Crippen LogP) is 3.72. The van der Waals surface area contributed by atoms with E-state index in [0.717, 1.165) is 18.5 Å². The summed E-state index contributed by atoms with van der Waals surface area (Å²) in [4.78, 5) is 16.6. The van der Waals surface area contributed by atoms with Gasteiger partial charge in [-0.15, -0.1) is 0 Å². The molecule has 0 spiro atoms. The summed E-state index contributed by atoms with van der Waals surface area (Å²) in [5.41, 5.74) is 0.864. The normalized spacial score (nSPS) is 14.8. The molecule has 0 saturated carbocycles. The van der Waals surface area contributed by atoms with Crippen LogP contribution >= 0.6 is 0 Å². The molecule has 1 aromatic heterocycles. The summed E-state index contributed by atoms with van der Waals surface area (Å²) in [6.45, 7) is 10.5. The van der Waals surface area contributed by atoms with Gasteiger partial charge in [-0.2, -0.15) is 0 Å². The van der Waals surface area contributed by atoms with E-state index >= 15 is 0 Å². The molecule has 1 rings (SSSR count). The zero-order chi connectivity index (χ0) is 14.5. The van der Waals surface area contributed by atoms with E-state index in [0.29, 0.717) is 0 Å². The minimum absolute atomic E-state index is 0.0542. The first kappa shape index (κ1) is 15.7. The summed E-state index contributed by atoms with van der Waals surface area (Å²) in [7, 11) is 0. The Bertz CT molecular complexity index is 395. The number of rotatable bonds is 5. The fraction of sp³-hybridized carbons (Fsp3) is 0.625. The molecule has 1 N–H and O–H groups in total. The number of pyridine rings is 1. The molecule has 2 atom stereocenters. The van der Waals surface area contributed by atoms with Gasteiger partial charge in [-0.3, -0.25) is 9.78 Å². The zero-order valence-corrected chi connectivity index (χ0v) is 12.7. The van der Waals surface area contributed by atoms with Gasteiger partial charge in [0.25, 0.3) is 0 Å². The van der Waals surface area contributed by atoms with Crippen LogP contribution in [0.4, 0.5) is 0 Å². The van der Waals surface area contributed by atoms with Gasteiger partial charge in [0.15, 0.2) is 0 Å². The Balaban J connectivity index is 2.86. The van der Waals surface area contributed by atoms with E-state index in [-0.39, 0.29) is 23.3 Å². The van der Waals surface area contributed by atoms with Crippen LogP contribution in [0, 0.1) is 11.3 Å². The van der Waals surface area contributed by atoms with Crippen molar-refractivity contribution in [2.45, 2.75) is 53.5 Å². The molecule has 0 aliphatic heterocycles. The molecule has 0 aliphatic carbocycles. The quantitative estimate of drug-likeness (QED) is 0.878. The van der Waals surface area contributed by atoms with Crippen LogP contribution in [0.3, 0.4) is 0 Å². The third-order valence-corrected chi connectivity index (χ3v) is 3.31. The summed E-state index contributed by atoms with van der Waals surface area (Å²) in [6.07, 6.45) is 3.72. The Kier molecular flexibility index (Phi) is 5.52. The predicted molar refractivity (Wildman–Crippen MR) is 78.6 cm³/mol. The minimum Gasteiger partial charge on any atom is -0.347 e. The molecule has 1 heterocycles. The third-order valence-electron chi connectivity index (χ3n) is 3.31. The molecule has 0 aliphatic rings. The summed E-state index contributed by atoms with van der Waals surface area (Å²) in [5.74, 6) is 0.172. The number of aromatic nitrogens is 1. The van der Waals surface area contributed by atoms with E-state index in [4.69, 9.17) is 0 Å². The second-order valence-electron chi connectivity index (χ2n) is 6.25. The fourth-order valence-electron chi connectivity index (χ4n) is 2.13. The van der Waals surface area contributed by atoms with Crippen LogP contribution in [0.5, 0.6) is 0 Å². The van der Waals surface area contributed by atoms with Crippen molar-refractivity contribution in [2.24, 2.45) is 11.3 Å². The summed E-state index contributed by atoms with van der Waals surface area (Å²) in [5, 5.41) is 3.16. The first-order valence-electron chi connectivity index (χ1n) is 7.07. The van der Waals surface area contributed by atoms with Crippen molar-refractivity contribution in [1.29, 1.82) is 0 Å². The highest BCUT2D eigenvalue weighted by Gasteiger charge is 2.29. The maximum absolute atomic E-state index is 12.2. The highest BCUT2D eigenvalue weighted by molar-refractivity contribution is 5.78.